The lowest BCUT2D eigenvalue weighted by molar-refractivity contribution is -0.135. The third-order valence-electron chi connectivity index (χ3n) is 4.53. The average Bonchev–Trinajstić information content (AvgIpc) is 2.93. The van der Waals surface area contributed by atoms with Gasteiger partial charge in [-0.2, -0.15) is 0 Å². The molecule has 1 N–H and O–H groups in total. The van der Waals surface area contributed by atoms with Crippen LogP contribution in [-0.2, 0) is 14.6 Å². The molecule has 0 aliphatic carbocycles. The molecular formula is C14H27N3O3S. The Balaban J connectivity index is 1.93. The van der Waals surface area contributed by atoms with Gasteiger partial charge >= 0.3 is 0 Å². The molecule has 1 unspecified atom stereocenters. The van der Waals surface area contributed by atoms with Gasteiger partial charge in [-0.1, -0.05) is 0 Å². The second kappa shape index (κ2) is 7.07. The molecule has 2 fully saturated rings. The molecule has 0 radical (unpaired) electrons. The van der Waals surface area contributed by atoms with Gasteiger partial charge in [0.2, 0.25) is 5.91 Å². The number of hydrogen-bond donors (Lipinski definition) is 1. The van der Waals surface area contributed by atoms with E-state index in [4.69, 9.17) is 0 Å². The van der Waals surface area contributed by atoms with Gasteiger partial charge in [0.1, 0.15) is 9.84 Å². The van der Waals surface area contributed by atoms with E-state index >= 15 is 0 Å². The summed E-state index contributed by atoms with van der Waals surface area (Å²) in [5, 5.41) is 3.35. The van der Waals surface area contributed by atoms with Gasteiger partial charge in [0.05, 0.1) is 11.8 Å². The highest BCUT2D eigenvalue weighted by molar-refractivity contribution is 7.90. The summed E-state index contributed by atoms with van der Waals surface area (Å²) in [6, 6.07) is 0.434. The Labute approximate surface area is 127 Å². The minimum Gasteiger partial charge on any atom is -0.343 e. The summed E-state index contributed by atoms with van der Waals surface area (Å²) in [5.74, 6) is 0.115. The number of amides is 1. The molecule has 0 aromatic carbocycles. The number of likely N-dealkylation sites (N-methyl/N-ethyl adjacent to an activating group) is 1. The first-order valence-electron chi connectivity index (χ1n) is 7.77. The summed E-state index contributed by atoms with van der Waals surface area (Å²) < 4.78 is 22.5. The number of piperidine rings is 1. The number of carbonyl (C=O) groups is 1. The quantitative estimate of drug-likeness (QED) is 0.754. The van der Waals surface area contributed by atoms with Crippen LogP contribution in [0.15, 0.2) is 0 Å². The SMILES string of the molecule is CN(CCS(C)(=O)=O)C(=O)C1CCCN1C1CCNCC1. The molecule has 0 aromatic heterocycles. The van der Waals surface area contributed by atoms with E-state index in [0.29, 0.717) is 6.04 Å². The predicted molar refractivity (Wildman–Crippen MR) is 83.0 cm³/mol. The molecule has 1 atom stereocenters. The van der Waals surface area contributed by atoms with Crippen molar-refractivity contribution in [2.24, 2.45) is 0 Å². The smallest absolute Gasteiger partial charge is 0.239 e. The molecule has 21 heavy (non-hydrogen) atoms. The first-order valence-corrected chi connectivity index (χ1v) is 9.84. The highest BCUT2D eigenvalue weighted by Gasteiger charge is 2.36. The Morgan fingerprint density at radius 3 is 2.57 bits per heavy atom. The molecule has 2 aliphatic rings. The number of hydrogen-bond acceptors (Lipinski definition) is 5. The summed E-state index contributed by atoms with van der Waals surface area (Å²) in [6.07, 6.45) is 5.35. The third kappa shape index (κ3) is 4.66. The molecular weight excluding hydrogens is 290 g/mol. The van der Waals surface area contributed by atoms with Crippen molar-refractivity contribution in [2.75, 3.05) is 45.2 Å². The van der Waals surface area contributed by atoms with Crippen LogP contribution in [0.25, 0.3) is 0 Å². The van der Waals surface area contributed by atoms with Crippen LogP contribution in [0.1, 0.15) is 25.7 Å². The van der Waals surface area contributed by atoms with Gasteiger partial charge in [0, 0.05) is 25.9 Å². The summed E-state index contributed by atoms with van der Waals surface area (Å²) in [4.78, 5) is 16.5. The van der Waals surface area contributed by atoms with Crippen LogP contribution in [0.4, 0.5) is 0 Å². The van der Waals surface area contributed by atoms with E-state index < -0.39 is 9.84 Å². The Kier molecular flexibility index (Phi) is 5.62. The molecule has 2 rings (SSSR count). The summed E-state index contributed by atoms with van der Waals surface area (Å²) >= 11 is 0. The maximum atomic E-state index is 12.6. The van der Waals surface area contributed by atoms with E-state index in [-0.39, 0.29) is 24.2 Å². The summed E-state index contributed by atoms with van der Waals surface area (Å²) in [6.45, 7) is 3.31. The van der Waals surface area contributed by atoms with E-state index in [1.54, 1.807) is 11.9 Å². The Hall–Kier alpha value is -0.660. The second-order valence-electron chi connectivity index (χ2n) is 6.27. The number of nitrogens with zero attached hydrogens (tertiary/aromatic N) is 2. The molecule has 1 amide bonds. The molecule has 0 aromatic rings. The summed E-state index contributed by atoms with van der Waals surface area (Å²) in [7, 11) is -1.31. The van der Waals surface area contributed by atoms with Crippen molar-refractivity contribution in [1.29, 1.82) is 0 Å². The molecule has 2 aliphatic heterocycles. The second-order valence-corrected chi connectivity index (χ2v) is 8.53. The van der Waals surface area contributed by atoms with Gasteiger partial charge in [0.15, 0.2) is 0 Å². The molecule has 0 bridgehead atoms. The summed E-state index contributed by atoms with van der Waals surface area (Å²) in [5.41, 5.74) is 0. The monoisotopic (exact) mass is 317 g/mol. The molecule has 122 valence electrons. The minimum absolute atomic E-state index is 0.0370. The van der Waals surface area contributed by atoms with Crippen molar-refractivity contribution in [1.82, 2.24) is 15.1 Å². The van der Waals surface area contributed by atoms with Crippen molar-refractivity contribution in [3.63, 3.8) is 0 Å². The lowest BCUT2D eigenvalue weighted by Gasteiger charge is -2.36. The van der Waals surface area contributed by atoms with Gasteiger partial charge in [-0.15, -0.1) is 0 Å². The number of sulfone groups is 1. The maximum Gasteiger partial charge on any atom is 0.239 e. The van der Waals surface area contributed by atoms with Crippen LogP contribution in [0.5, 0.6) is 0 Å². The minimum atomic E-state index is -3.03. The zero-order valence-corrected chi connectivity index (χ0v) is 13.9. The Morgan fingerprint density at radius 1 is 1.29 bits per heavy atom. The maximum absolute atomic E-state index is 12.6. The van der Waals surface area contributed by atoms with E-state index in [1.165, 1.54) is 6.26 Å². The van der Waals surface area contributed by atoms with Gasteiger partial charge in [0.25, 0.3) is 0 Å². The molecule has 0 saturated carbocycles. The van der Waals surface area contributed by atoms with Crippen molar-refractivity contribution in [2.45, 2.75) is 37.8 Å². The number of rotatable bonds is 5. The van der Waals surface area contributed by atoms with Crippen LogP contribution in [0.3, 0.4) is 0 Å². The average molecular weight is 317 g/mol. The van der Waals surface area contributed by atoms with Crippen LogP contribution in [-0.4, -0.2) is 81.4 Å². The highest BCUT2D eigenvalue weighted by atomic mass is 32.2. The van der Waals surface area contributed by atoms with Crippen LogP contribution < -0.4 is 5.32 Å². The lowest BCUT2D eigenvalue weighted by atomic mass is 10.0. The van der Waals surface area contributed by atoms with Gasteiger partial charge < -0.3 is 10.2 Å². The van der Waals surface area contributed by atoms with E-state index in [9.17, 15) is 13.2 Å². The molecule has 2 heterocycles. The van der Waals surface area contributed by atoms with Crippen LogP contribution in [0.2, 0.25) is 0 Å². The predicted octanol–water partition coefficient (Wildman–Crippen LogP) is -0.294. The third-order valence-corrected chi connectivity index (χ3v) is 5.45. The van der Waals surface area contributed by atoms with E-state index in [2.05, 4.69) is 10.2 Å². The Bertz CT molecular complexity index is 460. The largest absolute Gasteiger partial charge is 0.343 e. The van der Waals surface area contributed by atoms with E-state index in [0.717, 1.165) is 45.3 Å². The fraction of sp³-hybridized carbons (Fsp3) is 0.929. The lowest BCUT2D eigenvalue weighted by Crippen LogP contribution is -2.51. The number of likely N-dealkylation sites (tertiary alicyclic amines) is 1. The van der Waals surface area contributed by atoms with Gasteiger partial charge in [-0.05, 0) is 45.3 Å². The number of nitrogens with one attached hydrogen (secondary N) is 1. The number of carbonyl (C=O) groups excluding carboxylic acids is 1. The molecule has 0 spiro atoms. The van der Waals surface area contributed by atoms with Crippen molar-refractivity contribution >= 4 is 15.7 Å². The zero-order chi connectivity index (χ0) is 15.5. The Morgan fingerprint density at radius 2 is 1.95 bits per heavy atom. The topological polar surface area (TPSA) is 69.7 Å². The highest BCUT2D eigenvalue weighted by Crippen LogP contribution is 2.25. The van der Waals surface area contributed by atoms with Crippen molar-refractivity contribution < 1.29 is 13.2 Å². The normalized spacial score (nSPS) is 25.1. The van der Waals surface area contributed by atoms with Crippen molar-refractivity contribution in [3.8, 4) is 0 Å². The first kappa shape index (κ1) is 16.7. The molecule has 6 nitrogen and oxygen atoms in total. The van der Waals surface area contributed by atoms with Crippen LogP contribution in [0, 0.1) is 0 Å². The van der Waals surface area contributed by atoms with Crippen LogP contribution >= 0.6 is 0 Å². The van der Waals surface area contributed by atoms with Crippen molar-refractivity contribution in [3.05, 3.63) is 0 Å². The standard InChI is InChI=1S/C14H27N3O3S/c1-16(10-11-21(2,19)20)14(18)13-4-3-9-17(13)12-5-7-15-8-6-12/h12-13,15H,3-11H2,1-2H3. The fourth-order valence-corrected chi connectivity index (χ4v) is 3.90. The van der Waals surface area contributed by atoms with E-state index in [1.807, 2.05) is 0 Å². The molecule has 2 saturated heterocycles. The fourth-order valence-electron chi connectivity index (χ4n) is 3.30. The molecule has 7 heteroatoms. The van der Waals surface area contributed by atoms with Gasteiger partial charge in [-0.25, -0.2) is 8.42 Å². The zero-order valence-electron chi connectivity index (χ0n) is 13.0. The first-order chi connectivity index (χ1) is 9.88. The van der Waals surface area contributed by atoms with Gasteiger partial charge in [-0.3, -0.25) is 9.69 Å².